The number of benzene rings is 2. The number of imidazole rings is 1. The molecule has 4 aromatic rings. The van der Waals surface area contributed by atoms with Gasteiger partial charge < -0.3 is 9.97 Å². The molecule has 0 fully saturated rings. The fourth-order valence-corrected chi connectivity index (χ4v) is 3.39. The summed E-state index contributed by atoms with van der Waals surface area (Å²) in [5.74, 6) is 0. The second-order valence-corrected chi connectivity index (χ2v) is 6.31. The van der Waals surface area contributed by atoms with E-state index >= 15 is 0 Å². The van der Waals surface area contributed by atoms with Gasteiger partial charge in [0.25, 0.3) is 0 Å². The minimum atomic E-state index is -4.39. The summed E-state index contributed by atoms with van der Waals surface area (Å²) in [5, 5.41) is 2.28. The molecule has 0 radical (unpaired) electrons. The fraction of sp³-hybridized carbons (Fsp3) is 0.0588. The Morgan fingerprint density at radius 1 is 0.960 bits per heavy atom. The Labute approximate surface area is 143 Å². The van der Waals surface area contributed by atoms with Gasteiger partial charge in [-0.3, -0.25) is 0 Å². The molecule has 0 aliphatic carbocycles. The summed E-state index contributed by atoms with van der Waals surface area (Å²) in [5.41, 5.74) is 2.17. The molecule has 0 aliphatic rings. The Balaban J connectivity index is 1.73. The molecular weight excluding hydrogens is 351 g/mol. The van der Waals surface area contributed by atoms with Crippen molar-refractivity contribution in [2.24, 2.45) is 0 Å². The van der Waals surface area contributed by atoms with Crippen molar-refractivity contribution in [2.45, 2.75) is 6.18 Å². The van der Waals surface area contributed by atoms with E-state index in [9.17, 15) is 18.0 Å². The number of fused-ring (bicyclic) bond motifs is 1. The molecule has 0 aliphatic heterocycles. The van der Waals surface area contributed by atoms with Gasteiger partial charge in [0.15, 0.2) is 0 Å². The van der Waals surface area contributed by atoms with E-state index in [4.69, 9.17) is 0 Å². The number of aromatic amines is 2. The minimum absolute atomic E-state index is 0.296. The van der Waals surface area contributed by atoms with Crippen molar-refractivity contribution in [1.29, 1.82) is 0 Å². The van der Waals surface area contributed by atoms with Crippen molar-refractivity contribution >= 4 is 22.4 Å². The van der Waals surface area contributed by atoms with Gasteiger partial charge in [-0.15, -0.1) is 11.3 Å². The molecule has 4 nitrogen and oxygen atoms in total. The van der Waals surface area contributed by atoms with Crippen LogP contribution in [0.1, 0.15) is 5.56 Å². The predicted octanol–water partition coefficient (Wildman–Crippen LogP) is 4.67. The highest BCUT2D eigenvalue weighted by Gasteiger charge is 2.30. The summed E-state index contributed by atoms with van der Waals surface area (Å²) in [4.78, 5) is 21.1. The van der Waals surface area contributed by atoms with Crippen molar-refractivity contribution in [1.82, 2.24) is 15.0 Å². The smallest absolute Gasteiger partial charge is 0.306 e. The number of thiazole rings is 1. The normalized spacial score (nSPS) is 12.0. The molecule has 2 aromatic heterocycles. The quantitative estimate of drug-likeness (QED) is 0.545. The van der Waals surface area contributed by atoms with Gasteiger partial charge in [0.05, 0.1) is 22.3 Å². The molecule has 0 unspecified atom stereocenters. The standard InChI is InChI=1S/C17H10F3N3OS/c18-17(19,20)11-3-1-2-10(6-11)15-21-14(8-25-15)9-4-5-12-13(7-9)23-16(24)22-12/h1-8H,(H2,22,23,24). The van der Waals surface area contributed by atoms with Gasteiger partial charge in [-0.2, -0.15) is 13.2 Å². The summed E-state index contributed by atoms with van der Waals surface area (Å²) in [6.45, 7) is 0. The van der Waals surface area contributed by atoms with Crippen LogP contribution in [0.2, 0.25) is 0 Å². The Morgan fingerprint density at radius 2 is 1.76 bits per heavy atom. The Kier molecular flexibility index (Phi) is 3.50. The van der Waals surface area contributed by atoms with E-state index in [2.05, 4.69) is 15.0 Å². The van der Waals surface area contributed by atoms with E-state index < -0.39 is 11.7 Å². The molecule has 2 aromatic carbocycles. The highest BCUT2D eigenvalue weighted by atomic mass is 32.1. The van der Waals surface area contributed by atoms with Crippen molar-refractivity contribution in [3.63, 3.8) is 0 Å². The van der Waals surface area contributed by atoms with Crippen LogP contribution in [-0.2, 0) is 6.18 Å². The predicted molar refractivity (Wildman–Crippen MR) is 90.5 cm³/mol. The van der Waals surface area contributed by atoms with E-state index in [1.54, 1.807) is 29.6 Å². The van der Waals surface area contributed by atoms with Crippen LogP contribution in [0.3, 0.4) is 0 Å². The van der Waals surface area contributed by atoms with E-state index in [0.29, 0.717) is 27.3 Å². The van der Waals surface area contributed by atoms with E-state index in [0.717, 1.165) is 17.7 Å². The Bertz CT molecular complexity index is 1120. The number of hydrogen-bond acceptors (Lipinski definition) is 3. The van der Waals surface area contributed by atoms with Crippen LogP contribution in [0.5, 0.6) is 0 Å². The van der Waals surface area contributed by atoms with Crippen molar-refractivity contribution in [3.05, 3.63) is 63.9 Å². The molecule has 2 heterocycles. The Hall–Kier alpha value is -2.87. The first kappa shape index (κ1) is 15.6. The number of rotatable bonds is 2. The highest BCUT2D eigenvalue weighted by molar-refractivity contribution is 7.13. The number of H-pyrrole nitrogens is 2. The first-order valence-corrected chi connectivity index (χ1v) is 8.14. The van der Waals surface area contributed by atoms with Crippen LogP contribution in [0, 0.1) is 0 Å². The first-order valence-electron chi connectivity index (χ1n) is 7.26. The lowest BCUT2D eigenvalue weighted by atomic mass is 10.1. The van der Waals surface area contributed by atoms with E-state index in [1.165, 1.54) is 17.4 Å². The third kappa shape index (κ3) is 2.96. The number of halogens is 3. The molecule has 126 valence electrons. The number of nitrogens with one attached hydrogen (secondary N) is 2. The number of aromatic nitrogens is 3. The molecule has 2 N–H and O–H groups in total. The van der Waals surface area contributed by atoms with Crippen LogP contribution < -0.4 is 5.69 Å². The van der Waals surface area contributed by atoms with E-state index in [-0.39, 0.29) is 5.69 Å². The highest BCUT2D eigenvalue weighted by Crippen LogP contribution is 2.34. The molecule has 8 heteroatoms. The first-order chi connectivity index (χ1) is 11.9. The van der Waals surface area contributed by atoms with Crippen molar-refractivity contribution in [2.75, 3.05) is 0 Å². The van der Waals surface area contributed by atoms with Crippen LogP contribution >= 0.6 is 11.3 Å². The van der Waals surface area contributed by atoms with Gasteiger partial charge in [-0.05, 0) is 24.3 Å². The third-order valence-corrected chi connectivity index (χ3v) is 4.64. The average Bonchev–Trinajstić information content (AvgIpc) is 3.19. The molecule has 4 rings (SSSR count). The zero-order chi connectivity index (χ0) is 17.6. The van der Waals surface area contributed by atoms with Crippen LogP contribution in [0.4, 0.5) is 13.2 Å². The molecule has 0 spiro atoms. The second-order valence-electron chi connectivity index (χ2n) is 5.46. The fourth-order valence-electron chi connectivity index (χ4n) is 2.56. The molecule has 25 heavy (non-hydrogen) atoms. The van der Waals surface area contributed by atoms with Gasteiger partial charge in [-0.25, -0.2) is 9.78 Å². The molecule has 0 bridgehead atoms. The van der Waals surface area contributed by atoms with Gasteiger partial charge in [-0.1, -0.05) is 18.2 Å². The molecular formula is C17H10F3N3OS. The van der Waals surface area contributed by atoms with Crippen molar-refractivity contribution in [3.8, 4) is 21.8 Å². The summed E-state index contributed by atoms with van der Waals surface area (Å²) in [7, 11) is 0. The zero-order valence-electron chi connectivity index (χ0n) is 12.5. The largest absolute Gasteiger partial charge is 0.416 e. The lowest BCUT2D eigenvalue weighted by molar-refractivity contribution is -0.137. The molecule has 0 amide bonds. The van der Waals surface area contributed by atoms with Gasteiger partial charge >= 0.3 is 11.9 Å². The maximum absolute atomic E-state index is 12.9. The maximum atomic E-state index is 12.9. The zero-order valence-corrected chi connectivity index (χ0v) is 13.3. The SMILES string of the molecule is O=c1[nH]c2ccc(-c3csc(-c4cccc(C(F)(F)F)c4)n3)cc2[nH]1. The summed E-state index contributed by atoms with van der Waals surface area (Å²) >= 11 is 1.27. The topological polar surface area (TPSA) is 61.5 Å². The summed E-state index contributed by atoms with van der Waals surface area (Å²) in [6, 6.07) is 10.4. The Morgan fingerprint density at radius 3 is 2.56 bits per heavy atom. The average molecular weight is 361 g/mol. The molecule has 0 saturated carbocycles. The number of nitrogens with zero attached hydrogens (tertiary/aromatic N) is 1. The summed E-state index contributed by atoms with van der Waals surface area (Å²) in [6.07, 6.45) is -4.39. The third-order valence-electron chi connectivity index (χ3n) is 3.75. The molecule has 0 atom stereocenters. The lowest BCUT2D eigenvalue weighted by Crippen LogP contribution is -2.04. The second kappa shape index (κ2) is 5.59. The minimum Gasteiger partial charge on any atom is -0.306 e. The van der Waals surface area contributed by atoms with Crippen LogP contribution in [0.25, 0.3) is 32.9 Å². The van der Waals surface area contributed by atoms with Gasteiger partial charge in [0.1, 0.15) is 5.01 Å². The van der Waals surface area contributed by atoms with Gasteiger partial charge in [0.2, 0.25) is 0 Å². The number of hydrogen-bond donors (Lipinski definition) is 2. The van der Waals surface area contributed by atoms with Crippen LogP contribution in [-0.4, -0.2) is 15.0 Å². The number of alkyl halides is 3. The maximum Gasteiger partial charge on any atom is 0.416 e. The van der Waals surface area contributed by atoms with E-state index in [1.807, 2.05) is 0 Å². The summed E-state index contributed by atoms with van der Waals surface area (Å²) < 4.78 is 38.6. The lowest BCUT2D eigenvalue weighted by Gasteiger charge is -2.07. The van der Waals surface area contributed by atoms with Crippen molar-refractivity contribution < 1.29 is 13.2 Å². The van der Waals surface area contributed by atoms with Gasteiger partial charge in [0, 0.05) is 16.5 Å². The monoisotopic (exact) mass is 361 g/mol. The van der Waals surface area contributed by atoms with Crippen LogP contribution in [0.15, 0.2) is 52.6 Å². The molecule has 0 saturated heterocycles.